The van der Waals surface area contributed by atoms with Crippen LogP contribution in [0.15, 0.2) is 28.8 Å². The molecule has 0 spiro atoms. The first-order valence-corrected chi connectivity index (χ1v) is 9.03. The van der Waals surface area contributed by atoms with E-state index in [2.05, 4.69) is 20.4 Å². The van der Waals surface area contributed by atoms with Gasteiger partial charge in [-0.25, -0.2) is 0 Å². The third-order valence-electron chi connectivity index (χ3n) is 4.52. The first kappa shape index (κ1) is 19.8. The third kappa shape index (κ3) is 5.05. The van der Waals surface area contributed by atoms with Gasteiger partial charge in [0.05, 0.1) is 26.7 Å². The van der Waals surface area contributed by atoms with Crippen LogP contribution in [0.5, 0.6) is 5.75 Å². The average molecular weight is 388 g/mol. The monoisotopic (exact) mass is 388 g/mol. The molecule has 0 unspecified atom stereocenters. The zero-order chi connectivity index (χ0) is 19.9. The van der Waals surface area contributed by atoms with E-state index in [0.717, 1.165) is 11.3 Å². The summed E-state index contributed by atoms with van der Waals surface area (Å²) in [7, 11) is 1.62. The summed E-state index contributed by atoms with van der Waals surface area (Å²) >= 11 is 0. The summed E-state index contributed by atoms with van der Waals surface area (Å²) in [6.07, 6.45) is 0. The minimum absolute atomic E-state index is 0.0229. The maximum absolute atomic E-state index is 12.1. The second-order valence-electron chi connectivity index (χ2n) is 6.38. The number of nitrogens with zero attached hydrogens (tertiary/aromatic N) is 4. The molecule has 2 heterocycles. The van der Waals surface area contributed by atoms with E-state index in [1.54, 1.807) is 12.0 Å². The Morgan fingerprint density at radius 2 is 1.93 bits per heavy atom. The molecule has 1 aromatic heterocycles. The number of hydrogen-bond donors (Lipinski definition) is 2. The van der Waals surface area contributed by atoms with Gasteiger partial charge in [-0.3, -0.25) is 14.5 Å². The lowest BCUT2D eigenvalue weighted by molar-refractivity contribution is -0.134. The first-order valence-electron chi connectivity index (χ1n) is 9.03. The van der Waals surface area contributed by atoms with E-state index in [9.17, 15) is 9.59 Å². The van der Waals surface area contributed by atoms with Gasteiger partial charge in [-0.2, -0.15) is 4.98 Å². The number of carbonyl (C=O) groups is 2. The number of benzene rings is 1. The molecule has 10 nitrogen and oxygen atoms in total. The normalized spacial score (nSPS) is 14.7. The van der Waals surface area contributed by atoms with Gasteiger partial charge in [-0.1, -0.05) is 5.16 Å². The summed E-state index contributed by atoms with van der Waals surface area (Å²) < 4.78 is 10.5. The summed E-state index contributed by atoms with van der Waals surface area (Å²) in [4.78, 5) is 31.6. The van der Waals surface area contributed by atoms with E-state index in [4.69, 9.17) is 15.0 Å². The number of rotatable bonds is 7. The summed E-state index contributed by atoms with van der Waals surface area (Å²) in [5.74, 6) is 1.38. The van der Waals surface area contributed by atoms with Crippen LogP contribution in [0.3, 0.4) is 0 Å². The lowest BCUT2D eigenvalue weighted by Crippen LogP contribution is -2.51. The van der Waals surface area contributed by atoms with Crippen molar-refractivity contribution in [1.82, 2.24) is 25.3 Å². The quantitative estimate of drug-likeness (QED) is 0.648. The molecule has 0 saturated carbocycles. The molecule has 3 N–H and O–H groups in total. The minimum Gasteiger partial charge on any atom is -0.497 e. The van der Waals surface area contributed by atoms with Crippen molar-refractivity contribution in [1.29, 1.82) is 0 Å². The number of piperazine rings is 1. The molecule has 0 radical (unpaired) electrons. The van der Waals surface area contributed by atoms with Crippen molar-refractivity contribution in [3.05, 3.63) is 30.2 Å². The maximum atomic E-state index is 12.1. The van der Waals surface area contributed by atoms with Crippen LogP contribution in [0.2, 0.25) is 0 Å². The van der Waals surface area contributed by atoms with Crippen molar-refractivity contribution in [3.63, 3.8) is 0 Å². The number of aromatic nitrogens is 2. The van der Waals surface area contributed by atoms with Crippen LogP contribution in [0.25, 0.3) is 11.4 Å². The van der Waals surface area contributed by atoms with Crippen LogP contribution < -0.4 is 15.8 Å². The molecule has 2 amide bonds. The fourth-order valence-corrected chi connectivity index (χ4v) is 2.88. The van der Waals surface area contributed by atoms with E-state index in [-0.39, 0.29) is 24.9 Å². The summed E-state index contributed by atoms with van der Waals surface area (Å²) in [6.45, 7) is 2.92. The highest BCUT2D eigenvalue weighted by atomic mass is 16.5. The standard InChI is InChI=1S/C18H24N6O4/c1-27-14-4-2-13(3-5-14)18-21-16(28-22-18)12-23-6-8-24(9-7-23)17(26)11-20-15(25)10-19/h2-5H,6-12,19H2,1H3,(H,20,25). The fraction of sp³-hybridized carbons (Fsp3) is 0.444. The molecule has 0 aliphatic carbocycles. The van der Waals surface area contributed by atoms with Gasteiger partial charge in [0, 0.05) is 31.7 Å². The highest BCUT2D eigenvalue weighted by Crippen LogP contribution is 2.20. The van der Waals surface area contributed by atoms with Crippen molar-refractivity contribution in [2.24, 2.45) is 5.73 Å². The zero-order valence-electron chi connectivity index (χ0n) is 15.8. The summed E-state index contributed by atoms with van der Waals surface area (Å²) in [5.41, 5.74) is 6.06. The van der Waals surface area contributed by atoms with Crippen molar-refractivity contribution >= 4 is 11.8 Å². The van der Waals surface area contributed by atoms with Gasteiger partial charge >= 0.3 is 0 Å². The van der Waals surface area contributed by atoms with Crippen molar-refractivity contribution in [2.75, 3.05) is 46.4 Å². The van der Waals surface area contributed by atoms with Crippen molar-refractivity contribution in [2.45, 2.75) is 6.54 Å². The maximum Gasteiger partial charge on any atom is 0.242 e. The van der Waals surface area contributed by atoms with Crippen LogP contribution >= 0.6 is 0 Å². The summed E-state index contributed by atoms with van der Waals surface area (Å²) in [6, 6.07) is 7.44. The molecule has 1 fully saturated rings. The van der Waals surface area contributed by atoms with Gasteiger partial charge in [-0.15, -0.1) is 0 Å². The molecule has 1 aliphatic heterocycles. The Bertz CT molecular complexity index is 799. The Labute approximate surface area is 162 Å². The first-order chi connectivity index (χ1) is 13.6. The number of ether oxygens (including phenoxy) is 1. The third-order valence-corrected chi connectivity index (χ3v) is 4.52. The lowest BCUT2D eigenvalue weighted by atomic mass is 10.2. The largest absolute Gasteiger partial charge is 0.497 e. The number of nitrogens with one attached hydrogen (secondary N) is 1. The molecule has 150 valence electrons. The topological polar surface area (TPSA) is 127 Å². The predicted molar refractivity (Wildman–Crippen MR) is 100 cm³/mol. The van der Waals surface area contributed by atoms with E-state index in [1.807, 2.05) is 24.3 Å². The molecule has 3 rings (SSSR count). The molecule has 2 aromatic rings. The van der Waals surface area contributed by atoms with Gasteiger partial charge in [0.2, 0.25) is 23.5 Å². The Morgan fingerprint density at radius 3 is 2.57 bits per heavy atom. The Kier molecular flexibility index (Phi) is 6.56. The number of carbonyl (C=O) groups excluding carboxylic acids is 2. The van der Waals surface area contributed by atoms with E-state index in [0.29, 0.717) is 44.4 Å². The van der Waals surface area contributed by atoms with Gasteiger partial charge in [0.1, 0.15) is 5.75 Å². The second kappa shape index (κ2) is 9.29. The molecule has 1 aliphatic rings. The summed E-state index contributed by atoms with van der Waals surface area (Å²) in [5, 5.41) is 6.53. The predicted octanol–water partition coefficient (Wildman–Crippen LogP) is -0.536. The van der Waals surface area contributed by atoms with Gasteiger partial charge in [0.15, 0.2) is 0 Å². The number of methoxy groups -OCH3 is 1. The molecular weight excluding hydrogens is 364 g/mol. The Hall–Kier alpha value is -2.98. The number of amides is 2. The molecule has 1 saturated heterocycles. The number of hydrogen-bond acceptors (Lipinski definition) is 8. The van der Waals surface area contributed by atoms with Gasteiger partial charge in [-0.05, 0) is 24.3 Å². The molecule has 0 atom stereocenters. The molecule has 0 bridgehead atoms. The zero-order valence-corrected chi connectivity index (χ0v) is 15.8. The molecular formula is C18H24N6O4. The number of nitrogens with two attached hydrogens (primary N) is 1. The molecule has 28 heavy (non-hydrogen) atoms. The van der Waals surface area contributed by atoms with E-state index in [1.165, 1.54) is 0 Å². The van der Waals surface area contributed by atoms with Crippen LogP contribution in [-0.2, 0) is 16.1 Å². The Morgan fingerprint density at radius 1 is 1.21 bits per heavy atom. The highest BCUT2D eigenvalue weighted by Gasteiger charge is 2.22. The van der Waals surface area contributed by atoms with Crippen LogP contribution in [-0.4, -0.2) is 78.1 Å². The minimum atomic E-state index is -0.337. The van der Waals surface area contributed by atoms with E-state index < -0.39 is 0 Å². The van der Waals surface area contributed by atoms with Gasteiger partial charge < -0.3 is 25.2 Å². The van der Waals surface area contributed by atoms with Crippen molar-refractivity contribution in [3.8, 4) is 17.1 Å². The lowest BCUT2D eigenvalue weighted by Gasteiger charge is -2.34. The SMILES string of the molecule is COc1ccc(-c2noc(CN3CCN(C(=O)CNC(=O)CN)CC3)n2)cc1. The Balaban J connectivity index is 1.48. The van der Waals surface area contributed by atoms with Crippen LogP contribution in [0.1, 0.15) is 5.89 Å². The van der Waals surface area contributed by atoms with Crippen LogP contribution in [0, 0.1) is 0 Å². The van der Waals surface area contributed by atoms with E-state index >= 15 is 0 Å². The molecule has 1 aromatic carbocycles. The highest BCUT2D eigenvalue weighted by molar-refractivity contribution is 5.85. The smallest absolute Gasteiger partial charge is 0.242 e. The second-order valence-corrected chi connectivity index (χ2v) is 6.38. The van der Waals surface area contributed by atoms with Crippen LogP contribution in [0.4, 0.5) is 0 Å². The van der Waals surface area contributed by atoms with Gasteiger partial charge in [0.25, 0.3) is 0 Å². The molecule has 10 heteroatoms. The van der Waals surface area contributed by atoms with Crippen molar-refractivity contribution < 1.29 is 18.8 Å². The fourth-order valence-electron chi connectivity index (χ4n) is 2.88. The average Bonchev–Trinajstić information content (AvgIpc) is 3.20.